The Bertz CT molecular complexity index is 267. The van der Waals surface area contributed by atoms with Crippen molar-refractivity contribution in [1.29, 1.82) is 0 Å². The van der Waals surface area contributed by atoms with Gasteiger partial charge in [0.25, 0.3) is 0 Å². The van der Waals surface area contributed by atoms with Gasteiger partial charge in [0.05, 0.1) is 12.5 Å². The van der Waals surface area contributed by atoms with E-state index in [0.717, 1.165) is 39.0 Å². The molecule has 3 unspecified atom stereocenters. The van der Waals surface area contributed by atoms with E-state index in [4.69, 9.17) is 4.74 Å². The molecule has 1 heterocycles. The van der Waals surface area contributed by atoms with Crippen molar-refractivity contribution < 1.29 is 14.6 Å². The van der Waals surface area contributed by atoms with Crippen molar-refractivity contribution in [2.75, 3.05) is 26.8 Å². The van der Waals surface area contributed by atoms with Gasteiger partial charge in [0, 0.05) is 19.7 Å². The van der Waals surface area contributed by atoms with E-state index in [0.29, 0.717) is 5.92 Å². The third-order valence-corrected chi connectivity index (χ3v) is 4.22. The summed E-state index contributed by atoms with van der Waals surface area (Å²) in [5.41, 5.74) is 0. The summed E-state index contributed by atoms with van der Waals surface area (Å²) >= 11 is 0. The third-order valence-electron chi connectivity index (χ3n) is 4.22. The molecule has 2 rings (SSSR count). The third kappa shape index (κ3) is 2.99. The number of hydrogen-bond acceptors (Lipinski definition) is 3. The van der Waals surface area contributed by atoms with Crippen LogP contribution in [0.25, 0.3) is 0 Å². The summed E-state index contributed by atoms with van der Waals surface area (Å²) in [5, 5.41) is 9.23. The lowest BCUT2D eigenvalue weighted by Gasteiger charge is -2.38. The summed E-state index contributed by atoms with van der Waals surface area (Å²) in [4.78, 5) is 13.6. The van der Waals surface area contributed by atoms with Crippen LogP contribution in [-0.4, -0.2) is 48.8 Å². The zero-order chi connectivity index (χ0) is 12.3. The van der Waals surface area contributed by atoms with Gasteiger partial charge in [0.15, 0.2) is 0 Å². The molecule has 2 aliphatic rings. The van der Waals surface area contributed by atoms with Gasteiger partial charge in [-0.2, -0.15) is 0 Å². The van der Waals surface area contributed by atoms with Gasteiger partial charge in [-0.15, -0.1) is 0 Å². The number of aliphatic carboxylic acids is 1. The second-order valence-corrected chi connectivity index (χ2v) is 5.40. The van der Waals surface area contributed by atoms with E-state index >= 15 is 0 Å². The van der Waals surface area contributed by atoms with Crippen LogP contribution in [0.5, 0.6) is 0 Å². The number of ether oxygens (including phenoxy) is 1. The fourth-order valence-corrected chi connectivity index (χ4v) is 3.44. The smallest absolute Gasteiger partial charge is 0.308 e. The quantitative estimate of drug-likeness (QED) is 0.812. The number of carboxylic acid groups (broad SMARTS) is 1. The Kier molecular flexibility index (Phi) is 4.40. The highest BCUT2D eigenvalue weighted by atomic mass is 16.5. The van der Waals surface area contributed by atoms with Gasteiger partial charge in [-0.1, -0.05) is 6.42 Å². The number of nitrogens with zero attached hydrogens (tertiary/aromatic N) is 1. The number of carbonyl (C=O) groups is 1. The van der Waals surface area contributed by atoms with Crippen molar-refractivity contribution in [3.8, 4) is 0 Å². The lowest BCUT2D eigenvalue weighted by molar-refractivity contribution is -0.143. The largest absolute Gasteiger partial charge is 0.481 e. The van der Waals surface area contributed by atoms with E-state index < -0.39 is 5.97 Å². The number of rotatable bonds is 4. The Labute approximate surface area is 103 Å². The average Bonchev–Trinajstić information content (AvgIpc) is 2.79. The van der Waals surface area contributed by atoms with Gasteiger partial charge in [-0.25, -0.2) is 0 Å². The monoisotopic (exact) mass is 241 g/mol. The standard InChI is InChI=1S/C13H23NO3/c1-17-9-10-4-3-7-14(8-10)12-6-2-5-11(12)13(15)16/h10-12H,2-9H2,1H3,(H,15,16). The summed E-state index contributed by atoms with van der Waals surface area (Å²) in [6.45, 7) is 2.89. The molecule has 98 valence electrons. The van der Waals surface area contributed by atoms with Crippen LogP contribution in [0.15, 0.2) is 0 Å². The first-order chi connectivity index (χ1) is 8.22. The molecule has 0 aromatic heterocycles. The van der Waals surface area contributed by atoms with Crippen LogP contribution in [0.1, 0.15) is 32.1 Å². The molecule has 0 aromatic carbocycles. The van der Waals surface area contributed by atoms with Crippen molar-refractivity contribution >= 4 is 5.97 Å². The molecule has 0 spiro atoms. The zero-order valence-corrected chi connectivity index (χ0v) is 10.6. The van der Waals surface area contributed by atoms with Crippen LogP contribution in [0.4, 0.5) is 0 Å². The number of likely N-dealkylation sites (tertiary alicyclic amines) is 1. The van der Waals surface area contributed by atoms with E-state index in [1.165, 1.54) is 12.8 Å². The minimum atomic E-state index is -0.610. The molecular formula is C13H23NO3. The van der Waals surface area contributed by atoms with Gasteiger partial charge in [-0.05, 0) is 38.1 Å². The van der Waals surface area contributed by atoms with E-state index in [9.17, 15) is 9.90 Å². The number of piperidine rings is 1. The van der Waals surface area contributed by atoms with E-state index in [1.54, 1.807) is 7.11 Å². The fraction of sp³-hybridized carbons (Fsp3) is 0.923. The first-order valence-electron chi connectivity index (χ1n) is 6.68. The van der Waals surface area contributed by atoms with Gasteiger partial charge < -0.3 is 9.84 Å². The second-order valence-electron chi connectivity index (χ2n) is 5.40. The van der Waals surface area contributed by atoms with E-state index in [2.05, 4.69) is 4.90 Å². The predicted octanol–water partition coefficient (Wildman–Crippen LogP) is 1.60. The van der Waals surface area contributed by atoms with E-state index in [1.807, 2.05) is 0 Å². The minimum absolute atomic E-state index is 0.142. The Morgan fingerprint density at radius 3 is 2.88 bits per heavy atom. The Hall–Kier alpha value is -0.610. The van der Waals surface area contributed by atoms with Crippen molar-refractivity contribution in [2.24, 2.45) is 11.8 Å². The number of carboxylic acids is 1. The lowest BCUT2D eigenvalue weighted by atomic mass is 9.94. The maximum atomic E-state index is 11.2. The SMILES string of the molecule is COCC1CCCN(C2CCCC2C(=O)O)C1. The molecule has 1 N–H and O–H groups in total. The molecule has 0 amide bonds. The van der Waals surface area contributed by atoms with Crippen LogP contribution in [0, 0.1) is 11.8 Å². The summed E-state index contributed by atoms with van der Waals surface area (Å²) in [6.07, 6.45) is 5.36. The van der Waals surface area contributed by atoms with Crippen LogP contribution < -0.4 is 0 Å². The molecule has 1 saturated carbocycles. The highest BCUT2D eigenvalue weighted by Crippen LogP contribution is 2.32. The molecule has 2 fully saturated rings. The number of hydrogen-bond donors (Lipinski definition) is 1. The average molecular weight is 241 g/mol. The molecule has 0 aromatic rings. The summed E-state index contributed by atoms with van der Waals surface area (Å²) in [6, 6.07) is 0.271. The first-order valence-corrected chi connectivity index (χ1v) is 6.68. The fourth-order valence-electron chi connectivity index (χ4n) is 3.44. The van der Waals surface area contributed by atoms with Crippen molar-refractivity contribution in [1.82, 2.24) is 4.90 Å². The molecule has 4 nitrogen and oxygen atoms in total. The summed E-state index contributed by atoms with van der Waals surface area (Å²) in [7, 11) is 1.74. The van der Waals surface area contributed by atoms with Gasteiger partial charge in [0.1, 0.15) is 0 Å². The lowest BCUT2D eigenvalue weighted by Crippen LogP contribution is -2.46. The van der Waals surface area contributed by atoms with Crippen molar-refractivity contribution in [3.63, 3.8) is 0 Å². The highest BCUT2D eigenvalue weighted by molar-refractivity contribution is 5.71. The van der Waals surface area contributed by atoms with Crippen molar-refractivity contribution in [3.05, 3.63) is 0 Å². The Morgan fingerprint density at radius 2 is 2.18 bits per heavy atom. The zero-order valence-electron chi connectivity index (χ0n) is 10.6. The Morgan fingerprint density at radius 1 is 1.35 bits per heavy atom. The Balaban J connectivity index is 1.94. The molecule has 17 heavy (non-hydrogen) atoms. The minimum Gasteiger partial charge on any atom is -0.481 e. The van der Waals surface area contributed by atoms with Gasteiger partial charge in [-0.3, -0.25) is 9.69 Å². The highest BCUT2D eigenvalue weighted by Gasteiger charge is 2.38. The summed E-state index contributed by atoms with van der Waals surface area (Å²) < 4.78 is 5.22. The topological polar surface area (TPSA) is 49.8 Å². The van der Waals surface area contributed by atoms with Crippen LogP contribution in [0.2, 0.25) is 0 Å². The summed E-state index contributed by atoms with van der Waals surface area (Å²) in [5.74, 6) is -0.165. The molecule has 1 aliphatic heterocycles. The molecule has 0 radical (unpaired) electrons. The van der Waals surface area contributed by atoms with Crippen LogP contribution >= 0.6 is 0 Å². The maximum Gasteiger partial charge on any atom is 0.308 e. The van der Waals surface area contributed by atoms with Crippen LogP contribution in [-0.2, 0) is 9.53 Å². The predicted molar refractivity (Wildman–Crippen MR) is 64.9 cm³/mol. The van der Waals surface area contributed by atoms with Gasteiger partial charge >= 0.3 is 5.97 Å². The molecule has 1 saturated heterocycles. The molecule has 0 bridgehead atoms. The molecule has 3 atom stereocenters. The van der Waals surface area contributed by atoms with E-state index in [-0.39, 0.29) is 12.0 Å². The second kappa shape index (κ2) is 5.83. The molecular weight excluding hydrogens is 218 g/mol. The number of methoxy groups -OCH3 is 1. The molecule has 4 heteroatoms. The normalized spacial score (nSPS) is 35.0. The maximum absolute atomic E-state index is 11.2. The van der Waals surface area contributed by atoms with Gasteiger partial charge in [0.2, 0.25) is 0 Å². The molecule has 1 aliphatic carbocycles. The van der Waals surface area contributed by atoms with Crippen molar-refractivity contribution in [2.45, 2.75) is 38.1 Å². The van der Waals surface area contributed by atoms with Crippen LogP contribution in [0.3, 0.4) is 0 Å². The first kappa shape index (κ1) is 12.8.